The highest BCUT2D eigenvalue weighted by Gasteiger charge is 2.04. The van der Waals surface area contributed by atoms with Crippen molar-refractivity contribution < 1.29 is 19.4 Å². The van der Waals surface area contributed by atoms with E-state index in [-0.39, 0.29) is 11.0 Å². The number of thiocarbonyl (C=S) groups is 1. The molecule has 114 valence electrons. The van der Waals surface area contributed by atoms with E-state index in [4.69, 9.17) is 22.1 Å². The predicted molar refractivity (Wildman–Crippen MR) is 83.5 cm³/mol. The molecule has 0 heterocycles. The number of hydrogen-bond donors (Lipinski definition) is 3. The van der Waals surface area contributed by atoms with E-state index in [9.17, 15) is 9.59 Å². The van der Waals surface area contributed by atoms with Gasteiger partial charge in [-0.25, -0.2) is 4.79 Å². The molecule has 0 atom stereocenters. The Morgan fingerprint density at radius 3 is 2.52 bits per heavy atom. The molecular formula is C14H18N2O4S. The SMILES string of the molecule is CCCCC(=O)NC(=S)Nc1ccc(OCC(=O)O)cc1. The Hall–Kier alpha value is -2.15. The summed E-state index contributed by atoms with van der Waals surface area (Å²) in [4.78, 5) is 21.9. The van der Waals surface area contributed by atoms with Gasteiger partial charge in [-0.15, -0.1) is 0 Å². The Bertz CT molecular complexity index is 502. The number of aliphatic carboxylic acids is 1. The van der Waals surface area contributed by atoms with Crippen LogP contribution in [-0.2, 0) is 9.59 Å². The summed E-state index contributed by atoms with van der Waals surface area (Å²) in [5.74, 6) is -0.704. The van der Waals surface area contributed by atoms with Gasteiger partial charge in [-0.2, -0.15) is 0 Å². The maximum absolute atomic E-state index is 11.5. The van der Waals surface area contributed by atoms with E-state index in [1.54, 1.807) is 24.3 Å². The van der Waals surface area contributed by atoms with Crippen LogP contribution in [0.15, 0.2) is 24.3 Å². The number of hydrogen-bond acceptors (Lipinski definition) is 4. The second kappa shape index (κ2) is 8.91. The molecule has 0 saturated heterocycles. The Kier molecular flexibility index (Phi) is 7.17. The van der Waals surface area contributed by atoms with E-state index >= 15 is 0 Å². The molecule has 6 nitrogen and oxygen atoms in total. The average molecular weight is 310 g/mol. The Morgan fingerprint density at radius 1 is 1.29 bits per heavy atom. The highest BCUT2D eigenvalue weighted by Crippen LogP contribution is 2.15. The molecule has 1 rings (SSSR count). The normalized spacial score (nSPS) is 9.76. The minimum absolute atomic E-state index is 0.115. The van der Waals surface area contributed by atoms with Crippen molar-refractivity contribution in [2.75, 3.05) is 11.9 Å². The molecular weight excluding hydrogens is 292 g/mol. The molecule has 0 saturated carbocycles. The van der Waals surface area contributed by atoms with Gasteiger partial charge in [-0.05, 0) is 42.9 Å². The third kappa shape index (κ3) is 7.26. The lowest BCUT2D eigenvalue weighted by Crippen LogP contribution is -2.33. The summed E-state index contributed by atoms with van der Waals surface area (Å²) in [6, 6.07) is 6.60. The summed E-state index contributed by atoms with van der Waals surface area (Å²) >= 11 is 5.03. The minimum Gasteiger partial charge on any atom is -0.482 e. The van der Waals surface area contributed by atoms with Crippen LogP contribution in [-0.4, -0.2) is 28.7 Å². The number of anilines is 1. The van der Waals surface area contributed by atoms with Gasteiger partial charge in [-0.3, -0.25) is 4.79 Å². The van der Waals surface area contributed by atoms with Gasteiger partial charge >= 0.3 is 5.97 Å². The molecule has 0 unspecified atom stereocenters. The van der Waals surface area contributed by atoms with Crippen molar-refractivity contribution in [2.45, 2.75) is 26.2 Å². The molecule has 0 aliphatic carbocycles. The lowest BCUT2D eigenvalue weighted by atomic mass is 10.2. The number of benzene rings is 1. The van der Waals surface area contributed by atoms with Crippen LogP contribution >= 0.6 is 12.2 Å². The second-order valence-electron chi connectivity index (χ2n) is 4.31. The number of nitrogens with one attached hydrogen (secondary N) is 2. The van der Waals surface area contributed by atoms with Crippen molar-refractivity contribution in [2.24, 2.45) is 0 Å². The maximum Gasteiger partial charge on any atom is 0.341 e. The number of unbranched alkanes of at least 4 members (excludes halogenated alkanes) is 1. The number of carbonyl (C=O) groups is 2. The average Bonchev–Trinajstić information content (AvgIpc) is 2.44. The van der Waals surface area contributed by atoms with Crippen LogP contribution in [0, 0.1) is 0 Å². The monoisotopic (exact) mass is 310 g/mol. The van der Waals surface area contributed by atoms with E-state index in [0.717, 1.165) is 12.8 Å². The summed E-state index contributed by atoms with van der Waals surface area (Å²) in [7, 11) is 0. The van der Waals surface area contributed by atoms with Crippen molar-refractivity contribution >= 4 is 34.9 Å². The molecule has 0 bridgehead atoms. The van der Waals surface area contributed by atoms with E-state index in [1.165, 1.54) is 0 Å². The summed E-state index contributed by atoms with van der Waals surface area (Å²) in [5.41, 5.74) is 0.679. The number of carboxylic acids is 1. The van der Waals surface area contributed by atoms with Crippen LogP contribution in [0.3, 0.4) is 0 Å². The summed E-state index contributed by atoms with van der Waals surface area (Å²) in [6.45, 7) is 1.62. The first-order chi connectivity index (χ1) is 10.0. The van der Waals surface area contributed by atoms with E-state index < -0.39 is 12.6 Å². The van der Waals surface area contributed by atoms with Crippen LogP contribution < -0.4 is 15.4 Å². The van der Waals surface area contributed by atoms with Gasteiger partial charge in [-0.1, -0.05) is 13.3 Å². The van der Waals surface area contributed by atoms with Crippen molar-refractivity contribution in [3.63, 3.8) is 0 Å². The first kappa shape index (κ1) is 16.9. The van der Waals surface area contributed by atoms with Crippen LogP contribution in [0.1, 0.15) is 26.2 Å². The van der Waals surface area contributed by atoms with E-state index in [0.29, 0.717) is 17.9 Å². The zero-order valence-corrected chi connectivity index (χ0v) is 12.5. The standard InChI is InChI=1S/C14H18N2O4S/c1-2-3-4-12(17)16-14(21)15-10-5-7-11(8-6-10)20-9-13(18)19/h5-8H,2-4,9H2,1H3,(H,18,19)(H2,15,16,17,21). The highest BCUT2D eigenvalue weighted by molar-refractivity contribution is 7.80. The van der Waals surface area contributed by atoms with Gasteiger partial charge in [0.15, 0.2) is 11.7 Å². The molecule has 0 spiro atoms. The molecule has 21 heavy (non-hydrogen) atoms. The highest BCUT2D eigenvalue weighted by atomic mass is 32.1. The Balaban J connectivity index is 2.42. The molecule has 3 N–H and O–H groups in total. The number of rotatable bonds is 7. The number of carboxylic acid groups (broad SMARTS) is 1. The van der Waals surface area contributed by atoms with Crippen LogP contribution in [0.5, 0.6) is 5.75 Å². The first-order valence-electron chi connectivity index (χ1n) is 6.56. The van der Waals surface area contributed by atoms with E-state index in [1.807, 2.05) is 6.92 Å². The fourth-order valence-electron chi connectivity index (χ4n) is 1.47. The van der Waals surface area contributed by atoms with Gasteiger partial charge in [0, 0.05) is 12.1 Å². The zero-order valence-electron chi connectivity index (χ0n) is 11.7. The number of amides is 1. The van der Waals surface area contributed by atoms with Gasteiger partial charge in [0.1, 0.15) is 5.75 Å². The molecule has 1 amide bonds. The van der Waals surface area contributed by atoms with E-state index in [2.05, 4.69) is 10.6 Å². The molecule has 0 aliphatic heterocycles. The first-order valence-corrected chi connectivity index (χ1v) is 6.97. The fraction of sp³-hybridized carbons (Fsp3) is 0.357. The third-order valence-corrected chi connectivity index (χ3v) is 2.69. The van der Waals surface area contributed by atoms with Crippen molar-refractivity contribution in [1.29, 1.82) is 0 Å². The lowest BCUT2D eigenvalue weighted by molar-refractivity contribution is -0.139. The van der Waals surface area contributed by atoms with Crippen LogP contribution in [0.25, 0.3) is 0 Å². The number of ether oxygens (including phenoxy) is 1. The lowest BCUT2D eigenvalue weighted by Gasteiger charge is -2.10. The van der Waals surface area contributed by atoms with Crippen molar-refractivity contribution in [3.8, 4) is 5.75 Å². The predicted octanol–water partition coefficient (Wildman–Crippen LogP) is 2.15. The largest absolute Gasteiger partial charge is 0.482 e. The number of carbonyl (C=O) groups excluding carboxylic acids is 1. The maximum atomic E-state index is 11.5. The van der Waals surface area contributed by atoms with Gasteiger partial charge in [0.2, 0.25) is 5.91 Å². The summed E-state index contributed by atoms with van der Waals surface area (Å²) < 4.78 is 5.01. The van der Waals surface area contributed by atoms with Crippen molar-refractivity contribution in [1.82, 2.24) is 5.32 Å². The molecule has 7 heteroatoms. The third-order valence-electron chi connectivity index (χ3n) is 2.48. The van der Waals surface area contributed by atoms with Crippen molar-refractivity contribution in [3.05, 3.63) is 24.3 Å². The molecule has 0 aromatic heterocycles. The quantitative estimate of drug-likeness (QED) is 0.669. The molecule has 0 fully saturated rings. The molecule has 1 aromatic rings. The summed E-state index contributed by atoms with van der Waals surface area (Å²) in [5, 5.41) is 14.2. The molecule has 0 radical (unpaired) electrons. The van der Waals surface area contributed by atoms with Gasteiger partial charge in [0.25, 0.3) is 0 Å². The smallest absolute Gasteiger partial charge is 0.341 e. The zero-order chi connectivity index (χ0) is 15.7. The van der Waals surface area contributed by atoms with Gasteiger partial charge in [0.05, 0.1) is 0 Å². The topological polar surface area (TPSA) is 87.7 Å². The van der Waals surface area contributed by atoms with Crippen LogP contribution in [0.2, 0.25) is 0 Å². The fourth-order valence-corrected chi connectivity index (χ4v) is 1.70. The Labute approximate surface area is 128 Å². The summed E-state index contributed by atoms with van der Waals surface area (Å²) in [6.07, 6.45) is 2.22. The second-order valence-corrected chi connectivity index (χ2v) is 4.72. The minimum atomic E-state index is -1.03. The molecule has 1 aromatic carbocycles. The van der Waals surface area contributed by atoms with Gasteiger partial charge < -0.3 is 20.5 Å². The van der Waals surface area contributed by atoms with Crippen LogP contribution in [0.4, 0.5) is 5.69 Å². The molecule has 0 aliphatic rings. The Morgan fingerprint density at radius 2 is 1.95 bits per heavy atom.